The van der Waals surface area contributed by atoms with Gasteiger partial charge in [0.05, 0.1) is 0 Å². The summed E-state index contributed by atoms with van der Waals surface area (Å²) in [4.78, 5) is 0. The van der Waals surface area contributed by atoms with E-state index in [1.807, 2.05) is 12.7 Å². The minimum Gasteiger partial charge on any atom is -0.413 e. The van der Waals surface area contributed by atoms with E-state index in [1.165, 1.54) is 11.8 Å². The van der Waals surface area contributed by atoms with Crippen LogP contribution < -0.4 is 0 Å². The number of rotatable bonds is 3. The van der Waals surface area contributed by atoms with Crippen molar-refractivity contribution >= 4 is 19.6 Å². The third-order valence-electron chi connectivity index (χ3n) is 2.13. The maximum atomic E-state index is 5.73. The molecule has 0 amide bonds. The van der Waals surface area contributed by atoms with E-state index < -0.39 is 0 Å². The van der Waals surface area contributed by atoms with Gasteiger partial charge in [-0.25, -0.2) is 0 Å². The van der Waals surface area contributed by atoms with E-state index in [4.69, 9.17) is 17.3 Å². The van der Waals surface area contributed by atoms with Gasteiger partial charge in [-0.3, -0.25) is 6.26 Å². The zero-order valence-electron chi connectivity index (χ0n) is 9.68. The fourth-order valence-electron chi connectivity index (χ4n) is 1.61. The van der Waals surface area contributed by atoms with Gasteiger partial charge in [0.25, 0.3) is 0 Å². The van der Waals surface area contributed by atoms with Crippen molar-refractivity contribution in [2.75, 3.05) is 27.1 Å². The van der Waals surface area contributed by atoms with Crippen molar-refractivity contribution in [3.8, 4) is 0 Å². The van der Waals surface area contributed by atoms with Crippen LogP contribution in [0, 0.1) is 18.6 Å². The van der Waals surface area contributed by atoms with Crippen LogP contribution in [0.1, 0.15) is 6.42 Å². The van der Waals surface area contributed by atoms with Gasteiger partial charge < -0.3 is 27.7 Å². The zero-order valence-corrected chi connectivity index (χ0v) is 11.9. The summed E-state index contributed by atoms with van der Waals surface area (Å²) in [6.07, 6.45) is 8.54. The predicted molar refractivity (Wildman–Crippen MR) is 63.5 cm³/mol. The molecule has 0 spiro atoms. The SMILES string of the molecule is [B][C@H]1[CH-][C@H](OC)[C@@H](COC)C1.[CH2-]SC.[V+2]. The summed E-state index contributed by atoms with van der Waals surface area (Å²) in [6.45, 7) is 0.739. The predicted octanol–water partition coefficient (Wildman–Crippen LogP) is 1.97. The molecule has 15 heavy (non-hydrogen) atoms. The van der Waals surface area contributed by atoms with Crippen molar-refractivity contribution in [3.63, 3.8) is 0 Å². The molecule has 1 aliphatic carbocycles. The number of methoxy groups -OCH3 is 2. The molecule has 0 bridgehead atoms. The van der Waals surface area contributed by atoms with Crippen LogP contribution in [0.25, 0.3) is 0 Å². The molecule has 2 nitrogen and oxygen atoms in total. The van der Waals surface area contributed by atoms with Crippen LogP contribution in [0.15, 0.2) is 0 Å². The third kappa shape index (κ3) is 7.76. The molecular weight excluding hydrogens is 246 g/mol. The van der Waals surface area contributed by atoms with Crippen molar-refractivity contribution in [2.45, 2.75) is 18.3 Å². The molecule has 3 radical (unpaired) electrons. The summed E-state index contributed by atoms with van der Waals surface area (Å²) < 4.78 is 10.3. The summed E-state index contributed by atoms with van der Waals surface area (Å²) in [5, 5.41) is 0. The van der Waals surface area contributed by atoms with E-state index in [0.717, 1.165) is 13.0 Å². The van der Waals surface area contributed by atoms with Crippen LogP contribution in [0.5, 0.6) is 0 Å². The molecule has 0 aliphatic heterocycles. The second-order valence-corrected chi connectivity index (χ2v) is 3.87. The molecular formula is C10H19BO2SV. The average molecular weight is 265 g/mol. The second-order valence-electron chi connectivity index (χ2n) is 3.30. The Hall–Kier alpha value is 0.919. The minimum absolute atomic E-state index is 0. The molecule has 0 N–H and O–H groups in total. The number of hydrogen-bond acceptors (Lipinski definition) is 3. The molecule has 1 rings (SSSR count). The first-order chi connectivity index (χ1) is 6.69. The van der Waals surface area contributed by atoms with E-state index in [1.54, 1.807) is 14.2 Å². The molecule has 0 aromatic heterocycles. The van der Waals surface area contributed by atoms with Crippen molar-refractivity contribution in [3.05, 3.63) is 12.7 Å². The van der Waals surface area contributed by atoms with E-state index in [2.05, 4.69) is 6.26 Å². The Morgan fingerprint density at radius 3 is 2.47 bits per heavy atom. The Morgan fingerprint density at radius 1 is 1.53 bits per heavy atom. The van der Waals surface area contributed by atoms with E-state index in [-0.39, 0.29) is 30.5 Å². The number of thioether (sulfide) groups is 1. The van der Waals surface area contributed by atoms with Crippen molar-refractivity contribution in [2.24, 2.45) is 5.92 Å². The van der Waals surface area contributed by atoms with Gasteiger partial charge in [-0.1, -0.05) is 12.5 Å². The van der Waals surface area contributed by atoms with Gasteiger partial charge in [0.15, 0.2) is 0 Å². The molecule has 1 aliphatic rings. The summed E-state index contributed by atoms with van der Waals surface area (Å²) in [6, 6.07) is 0. The first-order valence-corrected chi connectivity index (χ1v) is 5.99. The standard InChI is InChI=1S/C8H14BO2.C2H5S.V/c1-10-5-6-3-7(9)4-8(6)11-2;1-3-2;/h4,6-8H,3,5H2,1-2H3;1H2,2H3;/q2*-1;+2/t6-,7-,8+;;/m1../s1. The molecule has 1 saturated carbocycles. The van der Waals surface area contributed by atoms with Gasteiger partial charge >= 0.3 is 18.6 Å². The molecule has 0 heterocycles. The van der Waals surface area contributed by atoms with Crippen LogP contribution in [-0.4, -0.2) is 41.0 Å². The van der Waals surface area contributed by atoms with Crippen molar-refractivity contribution in [1.29, 1.82) is 0 Å². The Morgan fingerprint density at radius 2 is 2.07 bits per heavy atom. The molecule has 0 saturated heterocycles. The van der Waals surface area contributed by atoms with Gasteiger partial charge in [0, 0.05) is 28.7 Å². The van der Waals surface area contributed by atoms with E-state index in [9.17, 15) is 0 Å². The largest absolute Gasteiger partial charge is 2.00 e. The van der Waals surface area contributed by atoms with Crippen molar-refractivity contribution in [1.82, 2.24) is 0 Å². The summed E-state index contributed by atoms with van der Waals surface area (Å²) in [5.41, 5.74) is 0. The molecule has 85 valence electrons. The number of hydrogen-bond donors (Lipinski definition) is 0. The Bertz CT molecular complexity index is 141. The third-order valence-corrected chi connectivity index (χ3v) is 2.13. The molecule has 0 aromatic rings. The molecule has 3 atom stereocenters. The first kappa shape index (κ1) is 18.3. The molecule has 0 aromatic carbocycles. The Labute approximate surface area is 112 Å². The molecule has 5 heteroatoms. The summed E-state index contributed by atoms with van der Waals surface area (Å²) >= 11 is 1.50. The zero-order chi connectivity index (χ0) is 11.0. The minimum atomic E-state index is 0. The summed E-state index contributed by atoms with van der Waals surface area (Å²) in [5.74, 6) is 0.625. The topological polar surface area (TPSA) is 18.5 Å². The smallest absolute Gasteiger partial charge is 0.413 e. The van der Waals surface area contributed by atoms with Crippen molar-refractivity contribution < 1.29 is 28.0 Å². The van der Waals surface area contributed by atoms with Gasteiger partial charge in [-0.05, 0) is 12.2 Å². The van der Waals surface area contributed by atoms with Gasteiger partial charge in [0.2, 0.25) is 0 Å². The fraction of sp³-hybridized carbons (Fsp3) is 0.800. The van der Waals surface area contributed by atoms with E-state index in [0.29, 0.717) is 5.92 Å². The van der Waals surface area contributed by atoms with Crippen LogP contribution in [0.4, 0.5) is 0 Å². The van der Waals surface area contributed by atoms with Crippen LogP contribution in [0.2, 0.25) is 5.82 Å². The van der Waals surface area contributed by atoms with Crippen LogP contribution >= 0.6 is 11.8 Å². The average Bonchev–Trinajstić information content (AvgIpc) is 2.48. The maximum Gasteiger partial charge on any atom is 2.00 e. The van der Waals surface area contributed by atoms with Crippen LogP contribution in [-0.2, 0) is 28.0 Å². The maximum absolute atomic E-state index is 5.73. The number of ether oxygens (including phenoxy) is 2. The first-order valence-electron chi connectivity index (χ1n) is 4.60. The summed E-state index contributed by atoms with van der Waals surface area (Å²) in [7, 11) is 9.15. The van der Waals surface area contributed by atoms with Gasteiger partial charge in [0.1, 0.15) is 0 Å². The fourth-order valence-corrected chi connectivity index (χ4v) is 1.61. The Balaban J connectivity index is 0. The molecule has 0 unspecified atom stereocenters. The van der Waals surface area contributed by atoms with Gasteiger partial charge in [-0.2, -0.15) is 5.82 Å². The monoisotopic (exact) mass is 265 g/mol. The van der Waals surface area contributed by atoms with E-state index >= 15 is 0 Å². The Kier molecular flexibility index (Phi) is 13.9. The second kappa shape index (κ2) is 11.4. The normalized spacial score (nSPS) is 28.9. The van der Waals surface area contributed by atoms with Gasteiger partial charge in [-0.15, -0.1) is 0 Å². The quantitative estimate of drug-likeness (QED) is 0.574. The molecule has 1 fully saturated rings. The van der Waals surface area contributed by atoms with Crippen LogP contribution in [0.3, 0.4) is 0 Å².